The number of aromatic nitrogens is 2. The van der Waals surface area contributed by atoms with Gasteiger partial charge in [0.1, 0.15) is 0 Å². The van der Waals surface area contributed by atoms with Crippen LogP contribution in [0.5, 0.6) is 0 Å². The maximum absolute atomic E-state index is 11.9. The minimum atomic E-state index is -0.0790. The highest BCUT2D eigenvalue weighted by Crippen LogP contribution is 2.16. The topological polar surface area (TPSA) is 67.4 Å². The van der Waals surface area contributed by atoms with Gasteiger partial charge in [0.2, 0.25) is 0 Å². The highest BCUT2D eigenvalue weighted by Gasteiger charge is 2.15. The Morgan fingerprint density at radius 3 is 3.00 bits per heavy atom. The van der Waals surface area contributed by atoms with Crippen LogP contribution < -0.4 is 5.32 Å². The maximum atomic E-state index is 11.9. The van der Waals surface area contributed by atoms with Crippen LogP contribution in [0.3, 0.4) is 0 Å². The van der Waals surface area contributed by atoms with Crippen molar-refractivity contribution in [3.8, 4) is 0 Å². The van der Waals surface area contributed by atoms with Crippen LogP contribution in [-0.4, -0.2) is 47.2 Å². The van der Waals surface area contributed by atoms with E-state index in [0.717, 1.165) is 43.8 Å². The number of carbonyl (C=O) groups excluding carboxylic acids is 1. The van der Waals surface area contributed by atoms with E-state index in [1.54, 1.807) is 17.3 Å². The van der Waals surface area contributed by atoms with Crippen LogP contribution >= 0.6 is 0 Å². The molecule has 1 saturated heterocycles. The summed E-state index contributed by atoms with van der Waals surface area (Å²) in [5.41, 5.74) is 1.64. The minimum absolute atomic E-state index is 0.0790. The predicted molar refractivity (Wildman–Crippen MR) is 79.8 cm³/mol. The first kappa shape index (κ1) is 15.7. The fourth-order valence-electron chi connectivity index (χ4n) is 2.34. The molecule has 1 aliphatic rings. The average molecular weight is 292 g/mol. The van der Waals surface area contributed by atoms with E-state index >= 15 is 0 Å². The summed E-state index contributed by atoms with van der Waals surface area (Å²) in [5, 5.41) is 2.85. The number of aryl methyl sites for hydroxylation is 1. The zero-order chi connectivity index (χ0) is 15.1. The third-order valence-electron chi connectivity index (χ3n) is 3.65. The van der Waals surface area contributed by atoms with Crippen molar-refractivity contribution in [3.05, 3.63) is 23.8 Å². The van der Waals surface area contributed by atoms with E-state index < -0.39 is 0 Å². The molecule has 0 unspecified atom stereocenters. The number of carbonyl (C=O) groups is 1. The Bertz CT molecular complexity index is 443. The molecule has 1 fully saturated rings. The Morgan fingerprint density at radius 2 is 2.33 bits per heavy atom. The van der Waals surface area contributed by atoms with E-state index in [1.807, 2.05) is 14.0 Å². The Labute approximate surface area is 125 Å². The van der Waals surface area contributed by atoms with Gasteiger partial charge in [0.15, 0.2) is 0 Å². The number of urea groups is 1. The number of rotatable bonds is 6. The van der Waals surface area contributed by atoms with E-state index in [9.17, 15) is 4.79 Å². The fourth-order valence-corrected chi connectivity index (χ4v) is 2.34. The first-order valence-electron chi connectivity index (χ1n) is 7.53. The molecule has 2 heterocycles. The standard InChI is InChI=1S/C15H24N4O2/c1-12-9-17-13(10-16-12)11-18-15(20)19(2)7-3-5-14-6-4-8-21-14/h9-10,14H,3-8,11H2,1-2H3,(H,18,20)/t14-/m1/s1. The molecule has 1 N–H and O–H groups in total. The lowest BCUT2D eigenvalue weighted by Gasteiger charge is -2.18. The lowest BCUT2D eigenvalue weighted by molar-refractivity contribution is 0.100. The first-order valence-corrected chi connectivity index (χ1v) is 7.53. The molecule has 0 aliphatic carbocycles. The van der Waals surface area contributed by atoms with Gasteiger partial charge >= 0.3 is 6.03 Å². The Balaban J connectivity index is 1.63. The molecule has 1 atom stereocenters. The highest BCUT2D eigenvalue weighted by molar-refractivity contribution is 5.73. The van der Waals surface area contributed by atoms with Crippen LogP contribution in [0.1, 0.15) is 37.1 Å². The van der Waals surface area contributed by atoms with Crippen molar-refractivity contribution in [2.24, 2.45) is 0 Å². The molecule has 116 valence electrons. The molecular formula is C15H24N4O2. The van der Waals surface area contributed by atoms with Crippen LogP contribution in [0.25, 0.3) is 0 Å². The van der Waals surface area contributed by atoms with Gasteiger partial charge in [-0.25, -0.2) is 4.79 Å². The molecule has 1 aromatic heterocycles. The molecule has 1 aliphatic heterocycles. The molecule has 0 bridgehead atoms. The van der Waals surface area contributed by atoms with Gasteiger partial charge in [-0.1, -0.05) is 0 Å². The van der Waals surface area contributed by atoms with E-state index in [2.05, 4.69) is 15.3 Å². The molecule has 2 amide bonds. The summed E-state index contributed by atoms with van der Waals surface area (Å²) >= 11 is 0. The summed E-state index contributed by atoms with van der Waals surface area (Å²) in [7, 11) is 1.81. The number of hydrogen-bond acceptors (Lipinski definition) is 4. The van der Waals surface area contributed by atoms with Crippen molar-refractivity contribution < 1.29 is 9.53 Å². The van der Waals surface area contributed by atoms with Crippen LogP contribution in [0.4, 0.5) is 4.79 Å². The summed E-state index contributed by atoms with van der Waals surface area (Å²) in [6, 6.07) is -0.0790. The Kier molecular flexibility index (Phi) is 5.92. The van der Waals surface area contributed by atoms with E-state index in [4.69, 9.17) is 4.74 Å². The normalized spacial score (nSPS) is 17.7. The van der Waals surface area contributed by atoms with Crippen molar-refractivity contribution >= 4 is 6.03 Å². The second-order valence-electron chi connectivity index (χ2n) is 5.51. The van der Waals surface area contributed by atoms with Gasteiger partial charge in [0.05, 0.1) is 30.2 Å². The largest absolute Gasteiger partial charge is 0.378 e. The quantitative estimate of drug-likeness (QED) is 0.869. The number of nitrogens with one attached hydrogen (secondary N) is 1. The summed E-state index contributed by atoms with van der Waals surface area (Å²) in [5.74, 6) is 0. The van der Waals surface area contributed by atoms with E-state index in [-0.39, 0.29) is 6.03 Å². The van der Waals surface area contributed by atoms with Crippen molar-refractivity contribution in [2.75, 3.05) is 20.2 Å². The Morgan fingerprint density at radius 1 is 1.48 bits per heavy atom. The lowest BCUT2D eigenvalue weighted by atomic mass is 10.1. The summed E-state index contributed by atoms with van der Waals surface area (Å²) in [6.45, 7) is 3.92. The van der Waals surface area contributed by atoms with Crippen molar-refractivity contribution in [1.29, 1.82) is 0 Å². The van der Waals surface area contributed by atoms with Crippen molar-refractivity contribution in [2.45, 2.75) is 45.3 Å². The number of hydrogen-bond donors (Lipinski definition) is 1. The molecular weight excluding hydrogens is 268 g/mol. The number of nitrogens with zero attached hydrogens (tertiary/aromatic N) is 3. The SMILES string of the molecule is Cc1cnc(CNC(=O)N(C)CCC[C@@H]2CCCO2)cn1. The smallest absolute Gasteiger partial charge is 0.317 e. The van der Waals surface area contributed by atoms with E-state index in [1.165, 1.54) is 6.42 Å². The molecule has 1 aromatic rings. The van der Waals surface area contributed by atoms with Crippen LogP contribution in [-0.2, 0) is 11.3 Å². The molecule has 0 radical (unpaired) electrons. The molecule has 0 saturated carbocycles. The highest BCUT2D eigenvalue weighted by atomic mass is 16.5. The van der Waals surface area contributed by atoms with Gasteiger partial charge in [-0.3, -0.25) is 9.97 Å². The summed E-state index contributed by atoms with van der Waals surface area (Å²) < 4.78 is 5.58. The molecule has 0 spiro atoms. The van der Waals surface area contributed by atoms with Crippen LogP contribution in [0, 0.1) is 6.92 Å². The van der Waals surface area contributed by atoms with E-state index in [0.29, 0.717) is 12.6 Å². The fraction of sp³-hybridized carbons (Fsp3) is 0.667. The van der Waals surface area contributed by atoms with Gasteiger partial charge in [0, 0.05) is 26.4 Å². The Hall–Kier alpha value is -1.69. The predicted octanol–water partition coefficient (Wildman–Crippen LogP) is 1.89. The maximum Gasteiger partial charge on any atom is 0.317 e. The monoisotopic (exact) mass is 292 g/mol. The second kappa shape index (κ2) is 7.93. The molecule has 6 nitrogen and oxygen atoms in total. The average Bonchev–Trinajstić information content (AvgIpc) is 2.99. The summed E-state index contributed by atoms with van der Waals surface area (Å²) in [4.78, 5) is 22.0. The van der Waals surface area contributed by atoms with Gasteiger partial charge < -0.3 is 15.0 Å². The number of amides is 2. The van der Waals surface area contributed by atoms with Crippen LogP contribution in [0.15, 0.2) is 12.4 Å². The molecule has 0 aromatic carbocycles. The second-order valence-corrected chi connectivity index (χ2v) is 5.51. The third-order valence-corrected chi connectivity index (χ3v) is 3.65. The minimum Gasteiger partial charge on any atom is -0.378 e. The van der Waals surface area contributed by atoms with Crippen molar-refractivity contribution in [1.82, 2.24) is 20.2 Å². The third kappa shape index (κ3) is 5.30. The van der Waals surface area contributed by atoms with Gasteiger partial charge in [-0.05, 0) is 32.6 Å². The molecule has 6 heteroatoms. The van der Waals surface area contributed by atoms with Gasteiger partial charge in [-0.2, -0.15) is 0 Å². The van der Waals surface area contributed by atoms with Crippen LogP contribution in [0.2, 0.25) is 0 Å². The molecule has 2 rings (SSSR count). The summed E-state index contributed by atoms with van der Waals surface area (Å²) in [6.07, 6.45) is 8.10. The lowest BCUT2D eigenvalue weighted by Crippen LogP contribution is -2.37. The zero-order valence-corrected chi connectivity index (χ0v) is 12.8. The van der Waals surface area contributed by atoms with Crippen molar-refractivity contribution in [3.63, 3.8) is 0 Å². The first-order chi connectivity index (χ1) is 10.1. The van der Waals surface area contributed by atoms with Gasteiger partial charge in [0.25, 0.3) is 0 Å². The number of ether oxygens (including phenoxy) is 1. The van der Waals surface area contributed by atoms with Gasteiger partial charge in [-0.15, -0.1) is 0 Å². The molecule has 21 heavy (non-hydrogen) atoms. The zero-order valence-electron chi connectivity index (χ0n) is 12.8.